The van der Waals surface area contributed by atoms with E-state index in [1.165, 1.54) is 0 Å². The van der Waals surface area contributed by atoms with Gasteiger partial charge in [-0.25, -0.2) is 0 Å². The first kappa shape index (κ1) is 25.9. The van der Waals surface area contributed by atoms with Gasteiger partial charge in [0.05, 0.1) is 0 Å². The maximum atomic E-state index is 4.98. The Kier molecular flexibility index (Phi) is 6.06. The van der Waals surface area contributed by atoms with Crippen LogP contribution in [0.4, 0.5) is 23.3 Å². The number of fused-ring (bicyclic) bond motifs is 20. The van der Waals surface area contributed by atoms with Crippen LogP contribution in [0.3, 0.4) is 0 Å². The smallest absolute Gasteiger partial charge is 0.412 e. The molecular weight excluding hydrogens is 564 g/mol. The summed E-state index contributed by atoms with van der Waals surface area (Å²) in [7, 11) is 0. The van der Waals surface area contributed by atoms with Crippen molar-refractivity contribution in [2.24, 2.45) is 20.0 Å². The second-order valence-electron chi connectivity index (χ2n) is 9.91. The first-order valence-electron chi connectivity index (χ1n) is 13.2. The van der Waals surface area contributed by atoms with E-state index < -0.39 is 0 Å². The number of rotatable bonds is 0. The van der Waals surface area contributed by atoms with Gasteiger partial charge in [0, 0.05) is 45.2 Å². The average Bonchev–Trinajstić information content (AvgIpc) is 3.73. The zero-order valence-electron chi connectivity index (χ0n) is 22.0. The van der Waals surface area contributed by atoms with E-state index >= 15 is 0 Å². The molecule has 6 aromatic rings. The molecule has 0 atom stereocenters. The number of aromatic nitrogens is 4. The van der Waals surface area contributed by atoms with Crippen LogP contribution in [-0.2, 0) is 17.4 Å². The Bertz CT molecular complexity index is 2510. The Balaban J connectivity index is 0.00000144. The van der Waals surface area contributed by atoms with Crippen LogP contribution >= 0.6 is 0 Å². The maximum Gasteiger partial charge on any atom is 4.00 e. The van der Waals surface area contributed by atoms with Crippen molar-refractivity contribution < 1.29 is 22.8 Å². The van der Waals surface area contributed by atoms with Gasteiger partial charge in [0.2, 0.25) is 0 Å². The summed E-state index contributed by atoms with van der Waals surface area (Å²) in [5.41, 5.74) is 4.18. The van der Waals surface area contributed by atoms with E-state index in [2.05, 4.69) is 36.5 Å². The molecule has 1 aliphatic heterocycles. The van der Waals surface area contributed by atoms with E-state index in [-0.39, 0.29) is 22.8 Å². The summed E-state index contributed by atoms with van der Waals surface area (Å²) in [6.07, 6.45) is 14.2. The minimum absolute atomic E-state index is 0. The van der Waals surface area contributed by atoms with Gasteiger partial charge in [-0.2, -0.15) is 0 Å². The van der Waals surface area contributed by atoms with E-state index in [4.69, 9.17) is 39.9 Å². The number of allylic oxidation sites excluding steroid dienone is 2. The molecule has 9 nitrogen and oxygen atoms in total. The predicted octanol–water partition coefficient (Wildman–Crippen LogP) is 1.51. The standard InChI is InChI=1S/C32H18N8.Cr.H2O/c1-2-10-18-17(9-1)25-33-26(18)38-28-21-13-5-6-14-22(21)30(35-28)40-32-24-16-8-7-15-23(24)31(36-32)39-29-20-12-4-3-11-19(20)27(34-29)37-25;;/h1-5,8-16H,6-7H2;;1H2/q-4;+4;. The minimum atomic E-state index is 0. The van der Waals surface area contributed by atoms with Crippen molar-refractivity contribution in [3.05, 3.63) is 104 Å². The van der Waals surface area contributed by atoms with Crippen molar-refractivity contribution >= 4 is 69.1 Å². The maximum absolute atomic E-state index is 4.98. The molecule has 0 spiro atoms. The average molecular weight is 585 g/mol. The summed E-state index contributed by atoms with van der Waals surface area (Å²) in [5, 5.41) is 5.53. The molecule has 2 aliphatic carbocycles. The molecule has 0 amide bonds. The SMILES string of the molecule is C1=Cc2c3[n-]/c(c2=CC1)=N\c1[n-]/c(c2c1C=CCC=2)=N\c1[n-]c(c2ccccc12)/N=c1\[n-]/c(c2ccccc12)=N\3.O.[Cr+4]. The Labute approximate surface area is 248 Å². The molecule has 2 N–H and O–H groups in total. The van der Waals surface area contributed by atoms with Crippen molar-refractivity contribution in [3.63, 3.8) is 0 Å². The topological polar surface area (TPSA) is 137 Å². The number of hydrogen-bond acceptors (Lipinski definition) is 4. The summed E-state index contributed by atoms with van der Waals surface area (Å²) < 4.78 is 0. The Hall–Kier alpha value is -5.01. The summed E-state index contributed by atoms with van der Waals surface area (Å²) in [6.45, 7) is 0. The normalized spacial score (nSPS) is 17.3. The van der Waals surface area contributed by atoms with Gasteiger partial charge in [0.25, 0.3) is 0 Å². The molecule has 0 fully saturated rings. The Morgan fingerprint density at radius 3 is 1.43 bits per heavy atom. The van der Waals surface area contributed by atoms with Gasteiger partial charge in [0.1, 0.15) is 0 Å². The fourth-order valence-corrected chi connectivity index (χ4v) is 5.67. The van der Waals surface area contributed by atoms with Gasteiger partial charge >= 0.3 is 17.4 Å². The van der Waals surface area contributed by atoms with Crippen LogP contribution in [-0.4, -0.2) is 5.48 Å². The van der Waals surface area contributed by atoms with Crippen LogP contribution in [0.2, 0.25) is 0 Å². The van der Waals surface area contributed by atoms with Gasteiger partial charge in [-0.05, 0) is 56.0 Å². The minimum Gasteiger partial charge on any atom is -0.412 e. The van der Waals surface area contributed by atoms with E-state index in [1.54, 1.807) is 0 Å². The third kappa shape index (κ3) is 3.81. The second kappa shape index (κ2) is 9.82. The first-order valence-corrected chi connectivity index (χ1v) is 13.2. The molecule has 4 aromatic heterocycles. The van der Waals surface area contributed by atoms with Crippen LogP contribution in [0.5, 0.6) is 0 Å². The summed E-state index contributed by atoms with van der Waals surface area (Å²) in [6, 6.07) is 16.0. The van der Waals surface area contributed by atoms with Crippen LogP contribution in [0, 0.1) is 0 Å². The first-order chi connectivity index (χ1) is 19.8. The molecule has 2 aromatic carbocycles. The molecule has 9 rings (SSSR count). The van der Waals surface area contributed by atoms with Gasteiger partial charge in [-0.3, -0.25) is 0 Å². The van der Waals surface area contributed by atoms with E-state index in [0.717, 1.165) is 56.0 Å². The van der Waals surface area contributed by atoms with Crippen molar-refractivity contribution in [1.82, 2.24) is 19.9 Å². The summed E-state index contributed by atoms with van der Waals surface area (Å²) in [4.78, 5) is 39.4. The van der Waals surface area contributed by atoms with Crippen molar-refractivity contribution in [2.45, 2.75) is 12.8 Å². The monoisotopic (exact) mass is 584 g/mol. The summed E-state index contributed by atoms with van der Waals surface area (Å²) >= 11 is 0. The zero-order valence-corrected chi connectivity index (χ0v) is 23.3. The van der Waals surface area contributed by atoms with Crippen molar-refractivity contribution in [1.29, 1.82) is 0 Å². The van der Waals surface area contributed by atoms with Crippen LogP contribution in [0.25, 0.3) is 45.8 Å². The Morgan fingerprint density at radius 2 is 0.905 bits per heavy atom. The van der Waals surface area contributed by atoms with Crippen molar-refractivity contribution in [2.75, 3.05) is 0 Å². The molecule has 5 heterocycles. The van der Waals surface area contributed by atoms with Crippen molar-refractivity contribution in [3.8, 4) is 0 Å². The fraction of sp³-hybridized carbons (Fsp3) is 0.0625. The largest absolute Gasteiger partial charge is 4.00 e. The molecule has 200 valence electrons. The molecule has 0 saturated heterocycles. The Morgan fingerprint density at radius 1 is 0.476 bits per heavy atom. The molecule has 8 bridgehead atoms. The van der Waals surface area contributed by atoms with Crippen LogP contribution in [0.1, 0.15) is 24.0 Å². The second-order valence-corrected chi connectivity index (χ2v) is 9.91. The molecule has 10 heteroatoms. The molecule has 0 unspecified atom stereocenters. The molecule has 3 aliphatic rings. The fourth-order valence-electron chi connectivity index (χ4n) is 5.67. The van der Waals surface area contributed by atoms with E-state index in [0.29, 0.717) is 45.2 Å². The van der Waals surface area contributed by atoms with E-state index in [1.807, 2.05) is 48.5 Å². The number of hydrogen-bond donors (Lipinski definition) is 0. The third-order valence-corrected chi connectivity index (χ3v) is 7.54. The summed E-state index contributed by atoms with van der Waals surface area (Å²) in [5.74, 6) is 2.30. The number of benzene rings is 2. The quantitative estimate of drug-likeness (QED) is 0.267. The molecule has 0 saturated carbocycles. The number of nitrogens with zero attached hydrogens (tertiary/aromatic N) is 8. The van der Waals surface area contributed by atoms with Gasteiger partial charge < -0.3 is 45.4 Å². The zero-order chi connectivity index (χ0) is 26.2. The van der Waals surface area contributed by atoms with Gasteiger partial charge in [-0.15, -0.1) is 0 Å². The molecule has 0 radical (unpaired) electrons. The van der Waals surface area contributed by atoms with Crippen LogP contribution in [0.15, 0.2) is 80.7 Å². The van der Waals surface area contributed by atoms with E-state index in [9.17, 15) is 0 Å². The predicted molar refractivity (Wildman–Crippen MR) is 156 cm³/mol. The van der Waals surface area contributed by atoms with Gasteiger partial charge in [-0.1, -0.05) is 85.0 Å². The van der Waals surface area contributed by atoms with Gasteiger partial charge in [0.15, 0.2) is 0 Å². The third-order valence-electron chi connectivity index (χ3n) is 7.54. The molecular formula is C32H20CrN8O. The van der Waals surface area contributed by atoms with Crippen LogP contribution < -0.4 is 52.3 Å². The molecule has 42 heavy (non-hydrogen) atoms.